The van der Waals surface area contributed by atoms with Crippen LogP contribution in [0.1, 0.15) is 0 Å². The van der Waals surface area contributed by atoms with Crippen LogP contribution in [0.15, 0.2) is 45.1 Å². The highest BCUT2D eigenvalue weighted by molar-refractivity contribution is 8.01. The minimum absolute atomic E-state index is 0.786. The van der Waals surface area contributed by atoms with Crippen LogP contribution in [0.2, 0.25) is 0 Å². The molecule has 2 heterocycles. The Morgan fingerprint density at radius 1 is 1.38 bits per heavy atom. The molecular formula is C9H8N2S2. The summed E-state index contributed by atoms with van der Waals surface area (Å²) in [6, 6.07) is 5.91. The zero-order chi connectivity index (χ0) is 9.10. The maximum atomic E-state index is 5.78. The Balaban J connectivity index is 2.24. The number of nitrogens with two attached hydrogens (primary N) is 1. The van der Waals surface area contributed by atoms with E-state index in [0.29, 0.717) is 0 Å². The first kappa shape index (κ1) is 8.59. The van der Waals surface area contributed by atoms with Gasteiger partial charge < -0.3 is 5.73 Å². The molecule has 4 heteroatoms. The number of hydrogen-bond donors (Lipinski definition) is 1. The lowest BCUT2D eigenvalue weighted by atomic mass is 10.4. The van der Waals surface area contributed by atoms with E-state index < -0.39 is 0 Å². The van der Waals surface area contributed by atoms with Crippen molar-refractivity contribution < 1.29 is 0 Å². The Morgan fingerprint density at radius 3 is 3.00 bits per heavy atom. The topological polar surface area (TPSA) is 38.9 Å². The zero-order valence-electron chi connectivity index (χ0n) is 6.81. The van der Waals surface area contributed by atoms with Crippen molar-refractivity contribution in [1.82, 2.24) is 4.98 Å². The molecule has 2 rings (SSSR count). The van der Waals surface area contributed by atoms with Crippen LogP contribution < -0.4 is 5.73 Å². The number of hydrogen-bond acceptors (Lipinski definition) is 4. The molecule has 0 aliphatic heterocycles. The van der Waals surface area contributed by atoms with Gasteiger partial charge in [0.15, 0.2) is 0 Å². The van der Waals surface area contributed by atoms with Gasteiger partial charge in [-0.2, -0.15) is 0 Å². The molecule has 0 fully saturated rings. The van der Waals surface area contributed by atoms with Crippen LogP contribution >= 0.6 is 23.1 Å². The largest absolute Gasteiger partial charge is 0.398 e. The van der Waals surface area contributed by atoms with Gasteiger partial charge in [0.25, 0.3) is 0 Å². The normalized spacial score (nSPS) is 10.2. The first-order valence-corrected chi connectivity index (χ1v) is 5.47. The van der Waals surface area contributed by atoms with Crippen LogP contribution in [0.4, 0.5) is 5.69 Å². The molecule has 0 aromatic carbocycles. The number of nitrogens with zero attached hydrogens (tertiary/aromatic N) is 1. The summed E-state index contributed by atoms with van der Waals surface area (Å²) in [5, 5.41) is 2.05. The SMILES string of the molecule is Nc1ccncc1Sc1cccs1. The van der Waals surface area contributed by atoms with E-state index in [1.165, 1.54) is 4.21 Å². The lowest BCUT2D eigenvalue weighted by Gasteiger charge is -2.00. The summed E-state index contributed by atoms with van der Waals surface area (Å²) < 4.78 is 1.24. The highest BCUT2D eigenvalue weighted by Crippen LogP contribution is 2.33. The summed E-state index contributed by atoms with van der Waals surface area (Å²) in [4.78, 5) is 5.05. The molecular weight excluding hydrogens is 200 g/mol. The summed E-state index contributed by atoms with van der Waals surface area (Å²) in [5.41, 5.74) is 6.57. The van der Waals surface area contributed by atoms with Gasteiger partial charge in [0.1, 0.15) is 0 Å². The van der Waals surface area contributed by atoms with Crippen molar-refractivity contribution in [3.63, 3.8) is 0 Å². The monoisotopic (exact) mass is 208 g/mol. The Hall–Kier alpha value is -1.00. The smallest absolute Gasteiger partial charge is 0.0647 e. The van der Waals surface area contributed by atoms with Gasteiger partial charge in [0.05, 0.1) is 9.10 Å². The number of nitrogen functional groups attached to an aromatic ring is 1. The molecule has 0 spiro atoms. The van der Waals surface area contributed by atoms with Gasteiger partial charge in [-0.15, -0.1) is 11.3 Å². The van der Waals surface area contributed by atoms with E-state index in [2.05, 4.69) is 16.4 Å². The average molecular weight is 208 g/mol. The number of aromatic nitrogens is 1. The molecule has 0 aliphatic rings. The van der Waals surface area contributed by atoms with E-state index in [4.69, 9.17) is 5.73 Å². The fourth-order valence-electron chi connectivity index (χ4n) is 0.906. The number of thiophene rings is 1. The molecule has 0 aliphatic carbocycles. The summed E-state index contributed by atoms with van der Waals surface area (Å²) in [6.45, 7) is 0. The van der Waals surface area contributed by atoms with Crippen LogP contribution in [0.5, 0.6) is 0 Å². The van der Waals surface area contributed by atoms with E-state index in [-0.39, 0.29) is 0 Å². The van der Waals surface area contributed by atoms with E-state index in [1.807, 2.05) is 12.1 Å². The predicted molar refractivity (Wildman–Crippen MR) is 57.1 cm³/mol. The molecule has 0 amide bonds. The molecule has 2 nitrogen and oxygen atoms in total. The second-order valence-corrected chi connectivity index (χ2v) is 4.74. The molecule has 2 aromatic heterocycles. The van der Waals surface area contributed by atoms with Gasteiger partial charge in [-0.3, -0.25) is 4.98 Å². The minimum atomic E-state index is 0.786. The fourth-order valence-corrected chi connectivity index (χ4v) is 2.65. The Kier molecular flexibility index (Phi) is 2.52. The molecule has 2 N–H and O–H groups in total. The van der Waals surface area contributed by atoms with Crippen LogP contribution in [0.3, 0.4) is 0 Å². The Morgan fingerprint density at radius 2 is 2.31 bits per heavy atom. The van der Waals surface area contributed by atoms with Gasteiger partial charge in [-0.25, -0.2) is 0 Å². The second kappa shape index (κ2) is 3.81. The van der Waals surface area contributed by atoms with E-state index in [1.54, 1.807) is 35.5 Å². The number of pyridine rings is 1. The maximum absolute atomic E-state index is 5.78. The molecule has 2 aromatic rings. The van der Waals surface area contributed by atoms with Crippen molar-refractivity contribution in [3.05, 3.63) is 36.0 Å². The van der Waals surface area contributed by atoms with Gasteiger partial charge in [0, 0.05) is 18.1 Å². The molecule has 0 radical (unpaired) electrons. The van der Waals surface area contributed by atoms with Crippen molar-refractivity contribution in [2.45, 2.75) is 9.10 Å². The van der Waals surface area contributed by atoms with Crippen molar-refractivity contribution in [3.8, 4) is 0 Å². The van der Waals surface area contributed by atoms with E-state index in [9.17, 15) is 0 Å². The van der Waals surface area contributed by atoms with Gasteiger partial charge in [0.2, 0.25) is 0 Å². The predicted octanol–water partition coefficient (Wildman–Crippen LogP) is 2.88. The Labute approximate surface area is 84.8 Å². The van der Waals surface area contributed by atoms with Crippen molar-refractivity contribution in [1.29, 1.82) is 0 Å². The molecule has 66 valence electrons. The van der Waals surface area contributed by atoms with Crippen LogP contribution in [-0.4, -0.2) is 4.98 Å². The van der Waals surface area contributed by atoms with Crippen LogP contribution in [0.25, 0.3) is 0 Å². The van der Waals surface area contributed by atoms with Crippen molar-refractivity contribution in [2.75, 3.05) is 5.73 Å². The second-order valence-electron chi connectivity index (χ2n) is 2.45. The molecule has 0 saturated carbocycles. The third-order valence-corrected chi connectivity index (χ3v) is 3.62. The lowest BCUT2D eigenvalue weighted by molar-refractivity contribution is 1.24. The quantitative estimate of drug-likeness (QED) is 0.824. The van der Waals surface area contributed by atoms with E-state index in [0.717, 1.165) is 10.6 Å². The molecule has 0 unspecified atom stereocenters. The highest BCUT2D eigenvalue weighted by atomic mass is 32.2. The van der Waals surface area contributed by atoms with Gasteiger partial charge in [-0.05, 0) is 17.5 Å². The van der Waals surface area contributed by atoms with Crippen molar-refractivity contribution in [2.24, 2.45) is 0 Å². The standard InChI is InChI=1S/C9H8N2S2/c10-7-3-4-11-6-8(7)13-9-2-1-5-12-9/h1-6H,(H2,10,11). The molecule has 0 bridgehead atoms. The molecule has 0 atom stereocenters. The van der Waals surface area contributed by atoms with Gasteiger partial charge >= 0.3 is 0 Å². The maximum Gasteiger partial charge on any atom is 0.0647 e. The first-order chi connectivity index (χ1) is 6.36. The minimum Gasteiger partial charge on any atom is -0.398 e. The summed E-state index contributed by atoms with van der Waals surface area (Å²) in [7, 11) is 0. The number of rotatable bonds is 2. The zero-order valence-corrected chi connectivity index (χ0v) is 8.44. The van der Waals surface area contributed by atoms with Crippen LogP contribution in [0, 0.1) is 0 Å². The van der Waals surface area contributed by atoms with Crippen molar-refractivity contribution >= 4 is 28.8 Å². The summed E-state index contributed by atoms with van der Waals surface area (Å²) in [5.74, 6) is 0. The lowest BCUT2D eigenvalue weighted by Crippen LogP contribution is -1.87. The third kappa shape index (κ3) is 2.02. The first-order valence-electron chi connectivity index (χ1n) is 3.77. The van der Waals surface area contributed by atoms with Crippen LogP contribution in [-0.2, 0) is 0 Å². The summed E-state index contributed by atoms with van der Waals surface area (Å²) in [6.07, 6.45) is 3.49. The van der Waals surface area contributed by atoms with Gasteiger partial charge in [-0.1, -0.05) is 17.8 Å². The fraction of sp³-hybridized carbons (Fsp3) is 0. The third-order valence-electron chi connectivity index (χ3n) is 1.52. The summed E-state index contributed by atoms with van der Waals surface area (Å²) >= 11 is 3.36. The van der Waals surface area contributed by atoms with E-state index >= 15 is 0 Å². The molecule has 13 heavy (non-hydrogen) atoms. The highest BCUT2D eigenvalue weighted by Gasteiger charge is 2.01. The average Bonchev–Trinajstić information content (AvgIpc) is 2.61. The number of anilines is 1. The Bertz CT molecular complexity index is 384. The molecule has 0 saturated heterocycles.